The molecule has 0 aliphatic carbocycles. The number of amides is 1. The van der Waals surface area contributed by atoms with Crippen LogP contribution in [-0.2, 0) is 11.3 Å². The zero-order chi connectivity index (χ0) is 12.3. The standard InChI is InChI=1S/C13H19N3O/c1-10-5-3-6-11(15-10)9-16-8-4-7-12(14-2)13(16)17/h3,5-6,12,14H,4,7-9H2,1-2H3. The van der Waals surface area contributed by atoms with E-state index in [1.165, 1.54) is 0 Å². The Bertz CT molecular complexity index is 405. The van der Waals surface area contributed by atoms with Crippen molar-refractivity contribution in [2.45, 2.75) is 32.4 Å². The van der Waals surface area contributed by atoms with Crippen molar-refractivity contribution in [2.75, 3.05) is 13.6 Å². The summed E-state index contributed by atoms with van der Waals surface area (Å²) in [4.78, 5) is 18.4. The van der Waals surface area contributed by atoms with Crippen molar-refractivity contribution in [2.24, 2.45) is 0 Å². The third kappa shape index (κ3) is 2.82. The van der Waals surface area contributed by atoms with Gasteiger partial charge in [0, 0.05) is 12.2 Å². The average Bonchev–Trinajstić information content (AvgIpc) is 2.32. The maximum Gasteiger partial charge on any atom is 0.240 e. The number of aryl methyl sites for hydroxylation is 1. The molecule has 1 amide bonds. The van der Waals surface area contributed by atoms with E-state index in [0.717, 1.165) is 30.8 Å². The molecule has 4 heteroatoms. The first-order valence-corrected chi connectivity index (χ1v) is 6.09. The Labute approximate surface area is 102 Å². The van der Waals surface area contributed by atoms with Gasteiger partial charge in [0.25, 0.3) is 0 Å². The molecular weight excluding hydrogens is 214 g/mol. The van der Waals surface area contributed by atoms with Crippen LogP contribution in [-0.4, -0.2) is 35.4 Å². The highest BCUT2D eigenvalue weighted by molar-refractivity contribution is 5.82. The molecule has 0 saturated carbocycles. The van der Waals surface area contributed by atoms with Gasteiger partial charge in [-0.25, -0.2) is 0 Å². The average molecular weight is 233 g/mol. The number of piperidine rings is 1. The number of likely N-dealkylation sites (N-methyl/N-ethyl adjacent to an activating group) is 1. The molecule has 1 aromatic rings. The lowest BCUT2D eigenvalue weighted by Crippen LogP contribution is -2.49. The molecule has 92 valence electrons. The highest BCUT2D eigenvalue weighted by Crippen LogP contribution is 2.14. The van der Waals surface area contributed by atoms with Gasteiger partial charge in [-0.2, -0.15) is 0 Å². The number of pyridine rings is 1. The SMILES string of the molecule is CNC1CCCN(Cc2cccc(C)n2)C1=O. The molecule has 1 aliphatic heterocycles. The quantitative estimate of drug-likeness (QED) is 0.850. The van der Waals surface area contributed by atoms with E-state index in [-0.39, 0.29) is 11.9 Å². The van der Waals surface area contributed by atoms with Crippen molar-refractivity contribution in [3.05, 3.63) is 29.6 Å². The molecular formula is C13H19N3O. The van der Waals surface area contributed by atoms with E-state index in [2.05, 4.69) is 10.3 Å². The van der Waals surface area contributed by atoms with Crippen LogP contribution in [0.5, 0.6) is 0 Å². The molecule has 2 heterocycles. The smallest absolute Gasteiger partial charge is 0.240 e. The highest BCUT2D eigenvalue weighted by Gasteiger charge is 2.27. The van der Waals surface area contributed by atoms with Crippen molar-refractivity contribution < 1.29 is 4.79 Å². The van der Waals surface area contributed by atoms with Gasteiger partial charge in [0.15, 0.2) is 0 Å². The summed E-state index contributed by atoms with van der Waals surface area (Å²) in [6.07, 6.45) is 2.00. The minimum Gasteiger partial charge on any atom is -0.335 e. The number of carbonyl (C=O) groups excluding carboxylic acids is 1. The summed E-state index contributed by atoms with van der Waals surface area (Å²) in [6, 6.07) is 5.91. The first kappa shape index (κ1) is 12.0. The fourth-order valence-corrected chi connectivity index (χ4v) is 2.25. The van der Waals surface area contributed by atoms with Gasteiger partial charge in [-0.1, -0.05) is 6.07 Å². The molecule has 1 N–H and O–H groups in total. The second kappa shape index (κ2) is 5.27. The van der Waals surface area contributed by atoms with Crippen molar-refractivity contribution >= 4 is 5.91 Å². The molecule has 17 heavy (non-hydrogen) atoms. The van der Waals surface area contributed by atoms with E-state index in [4.69, 9.17) is 0 Å². The summed E-state index contributed by atoms with van der Waals surface area (Å²) in [5, 5.41) is 3.07. The lowest BCUT2D eigenvalue weighted by molar-refractivity contribution is -0.136. The fraction of sp³-hybridized carbons (Fsp3) is 0.538. The van der Waals surface area contributed by atoms with Crippen LogP contribution < -0.4 is 5.32 Å². The normalized spacial score (nSPS) is 20.7. The van der Waals surface area contributed by atoms with Gasteiger partial charge in [-0.15, -0.1) is 0 Å². The Balaban J connectivity index is 2.05. The maximum absolute atomic E-state index is 12.1. The number of nitrogens with one attached hydrogen (secondary N) is 1. The number of likely N-dealkylation sites (tertiary alicyclic amines) is 1. The maximum atomic E-state index is 12.1. The van der Waals surface area contributed by atoms with E-state index >= 15 is 0 Å². The second-order valence-electron chi connectivity index (χ2n) is 4.51. The Hall–Kier alpha value is -1.42. The van der Waals surface area contributed by atoms with Crippen molar-refractivity contribution in [3.63, 3.8) is 0 Å². The van der Waals surface area contributed by atoms with Crippen LogP contribution in [0.4, 0.5) is 0 Å². The molecule has 0 spiro atoms. The van der Waals surface area contributed by atoms with Crippen LogP contribution in [0.3, 0.4) is 0 Å². The fourth-order valence-electron chi connectivity index (χ4n) is 2.25. The van der Waals surface area contributed by atoms with Gasteiger partial charge in [0.05, 0.1) is 18.3 Å². The van der Waals surface area contributed by atoms with Crippen LogP contribution in [0.2, 0.25) is 0 Å². The highest BCUT2D eigenvalue weighted by atomic mass is 16.2. The number of aromatic nitrogens is 1. The van der Waals surface area contributed by atoms with Gasteiger partial charge >= 0.3 is 0 Å². The summed E-state index contributed by atoms with van der Waals surface area (Å²) < 4.78 is 0. The van der Waals surface area contributed by atoms with Crippen LogP contribution in [0.1, 0.15) is 24.2 Å². The Kier molecular flexibility index (Phi) is 3.74. The zero-order valence-electron chi connectivity index (χ0n) is 10.4. The Morgan fingerprint density at radius 2 is 2.35 bits per heavy atom. The number of carbonyl (C=O) groups is 1. The van der Waals surface area contributed by atoms with Crippen molar-refractivity contribution in [1.29, 1.82) is 0 Å². The Morgan fingerprint density at radius 1 is 1.53 bits per heavy atom. The molecule has 0 radical (unpaired) electrons. The predicted octanol–water partition coefficient (Wildman–Crippen LogP) is 1.10. The minimum atomic E-state index is -0.0199. The lowest BCUT2D eigenvalue weighted by Gasteiger charge is -2.31. The summed E-state index contributed by atoms with van der Waals surface area (Å²) in [5.74, 6) is 0.196. The molecule has 1 aromatic heterocycles. The molecule has 0 aromatic carbocycles. The molecule has 2 rings (SSSR count). The summed E-state index contributed by atoms with van der Waals surface area (Å²) in [7, 11) is 1.84. The second-order valence-corrected chi connectivity index (χ2v) is 4.51. The van der Waals surface area contributed by atoms with E-state index in [0.29, 0.717) is 6.54 Å². The third-order valence-corrected chi connectivity index (χ3v) is 3.18. The van der Waals surface area contributed by atoms with Gasteiger partial charge in [0.1, 0.15) is 0 Å². The van der Waals surface area contributed by atoms with Gasteiger partial charge in [-0.3, -0.25) is 9.78 Å². The van der Waals surface area contributed by atoms with Gasteiger partial charge in [0.2, 0.25) is 5.91 Å². The molecule has 1 aliphatic rings. The van der Waals surface area contributed by atoms with Gasteiger partial charge < -0.3 is 10.2 Å². The summed E-state index contributed by atoms with van der Waals surface area (Å²) in [5.41, 5.74) is 1.97. The topological polar surface area (TPSA) is 45.2 Å². The van der Waals surface area contributed by atoms with E-state index < -0.39 is 0 Å². The molecule has 1 unspecified atom stereocenters. The van der Waals surface area contributed by atoms with Crippen LogP contribution >= 0.6 is 0 Å². The number of hydrogen-bond acceptors (Lipinski definition) is 3. The van der Waals surface area contributed by atoms with Crippen LogP contribution in [0.15, 0.2) is 18.2 Å². The first-order valence-electron chi connectivity index (χ1n) is 6.09. The number of rotatable bonds is 3. The molecule has 0 bridgehead atoms. The molecule has 1 saturated heterocycles. The first-order chi connectivity index (χ1) is 8.20. The third-order valence-electron chi connectivity index (χ3n) is 3.18. The monoisotopic (exact) mass is 233 g/mol. The minimum absolute atomic E-state index is 0.0199. The van der Waals surface area contributed by atoms with Crippen molar-refractivity contribution in [3.8, 4) is 0 Å². The predicted molar refractivity (Wildman–Crippen MR) is 66.5 cm³/mol. The number of nitrogens with zero attached hydrogens (tertiary/aromatic N) is 2. The lowest BCUT2D eigenvalue weighted by atomic mass is 10.0. The van der Waals surface area contributed by atoms with E-state index in [9.17, 15) is 4.79 Å². The largest absolute Gasteiger partial charge is 0.335 e. The van der Waals surface area contributed by atoms with Crippen LogP contribution in [0.25, 0.3) is 0 Å². The number of hydrogen-bond donors (Lipinski definition) is 1. The molecule has 1 fully saturated rings. The Morgan fingerprint density at radius 3 is 3.06 bits per heavy atom. The van der Waals surface area contributed by atoms with Crippen LogP contribution in [0, 0.1) is 6.92 Å². The van der Waals surface area contributed by atoms with Gasteiger partial charge in [-0.05, 0) is 38.9 Å². The van der Waals surface area contributed by atoms with E-state index in [1.807, 2.05) is 37.1 Å². The zero-order valence-corrected chi connectivity index (χ0v) is 10.4. The summed E-state index contributed by atoms with van der Waals surface area (Å²) in [6.45, 7) is 3.43. The van der Waals surface area contributed by atoms with Crippen molar-refractivity contribution in [1.82, 2.24) is 15.2 Å². The molecule has 4 nitrogen and oxygen atoms in total. The molecule has 1 atom stereocenters. The van der Waals surface area contributed by atoms with E-state index in [1.54, 1.807) is 0 Å². The summed E-state index contributed by atoms with van der Waals surface area (Å²) >= 11 is 0.